The lowest BCUT2D eigenvalue weighted by atomic mass is 9.66. The van der Waals surface area contributed by atoms with Gasteiger partial charge in [-0.1, -0.05) is 285 Å². The van der Waals surface area contributed by atoms with Gasteiger partial charge in [-0.25, -0.2) is 0 Å². The summed E-state index contributed by atoms with van der Waals surface area (Å²) in [5.74, 6) is 0.121. The molecule has 2 aliphatic rings. The SMILES string of the molecule is c1ccc(-c2ccc([C@H](c3ccc4c(c3)C(c3cccc5sc6c(-c7cccc8c7C(c7ccccc7)(c7ccccc7)c7ccccc7-8)cccc6c35)CCc3ccccc3-4)c3ccccc3-c3ccccc3)cc2)cc1. The monoisotopic (exact) mass is 1010 g/mol. The predicted molar refractivity (Wildman–Crippen MR) is 329 cm³/mol. The summed E-state index contributed by atoms with van der Waals surface area (Å²) in [6.07, 6.45) is 2.00. The zero-order valence-corrected chi connectivity index (χ0v) is 44.0. The predicted octanol–water partition coefficient (Wildman–Crippen LogP) is 20.3. The highest BCUT2D eigenvalue weighted by atomic mass is 32.1. The fourth-order valence-electron chi connectivity index (χ4n) is 13.9. The molecule has 1 aromatic heterocycles. The molecule has 0 bridgehead atoms. The molecule has 0 nitrogen and oxygen atoms in total. The number of benzene rings is 12. The van der Waals surface area contributed by atoms with Crippen molar-refractivity contribution in [1.82, 2.24) is 0 Å². The van der Waals surface area contributed by atoms with Crippen molar-refractivity contribution in [1.29, 1.82) is 0 Å². The van der Waals surface area contributed by atoms with Crippen LogP contribution in [-0.2, 0) is 11.8 Å². The number of fused-ring (bicyclic) bond motifs is 9. The van der Waals surface area contributed by atoms with E-state index in [9.17, 15) is 0 Å². The Bertz CT molecular complexity index is 4320. The van der Waals surface area contributed by atoms with E-state index in [0.29, 0.717) is 0 Å². The van der Waals surface area contributed by atoms with Crippen LogP contribution in [0.25, 0.3) is 75.8 Å². The zero-order valence-electron chi connectivity index (χ0n) is 43.2. The lowest BCUT2D eigenvalue weighted by molar-refractivity contribution is 0.729. The van der Waals surface area contributed by atoms with E-state index in [1.54, 1.807) is 0 Å². The van der Waals surface area contributed by atoms with E-state index in [2.05, 4.69) is 291 Å². The first-order chi connectivity index (χ1) is 38.7. The molecule has 1 heteroatoms. The molecule has 78 heavy (non-hydrogen) atoms. The number of thiophene rings is 1. The summed E-state index contributed by atoms with van der Waals surface area (Å²) < 4.78 is 2.66. The van der Waals surface area contributed by atoms with Crippen LogP contribution < -0.4 is 0 Å². The Morgan fingerprint density at radius 3 is 1.67 bits per heavy atom. The van der Waals surface area contributed by atoms with E-state index >= 15 is 0 Å². The Kier molecular flexibility index (Phi) is 11.3. The molecular weight excluding hydrogens is 957 g/mol. The molecule has 0 radical (unpaired) electrons. The van der Waals surface area contributed by atoms with E-state index in [0.717, 1.165) is 12.8 Å². The van der Waals surface area contributed by atoms with Crippen molar-refractivity contribution in [3.05, 3.63) is 347 Å². The number of hydrogen-bond acceptors (Lipinski definition) is 1. The minimum atomic E-state index is -0.519. The van der Waals surface area contributed by atoms with Crippen LogP contribution in [0.3, 0.4) is 0 Å². The Hall–Kier alpha value is -9.14. The van der Waals surface area contributed by atoms with Gasteiger partial charge in [0.05, 0.1) is 5.41 Å². The molecular formula is C77H54S. The van der Waals surface area contributed by atoms with Crippen LogP contribution in [0.4, 0.5) is 0 Å². The average molecular weight is 1010 g/mol. The summed E-state index contributed by atoms with van der Waals surface area (Å²) >= 11 is 1.96. The van der Waals surface area contributed by atoms with Gasteiger partial charge in [0.15, 0.2) is 0 Å². The smallest absolute Gasteiger partial charge is 0.0719 e. The van der Waals surface area contributed by atoms with Gasteiger partial charge in [0.1, 0.15) is 0 Å². The van der Waals surface area contributed by atoms with Crippen molar-refractivity contribution in [2.45, 2.75) is 30.1 Å². The molecule has 0 fully saturated rings. The van der Waals surface area contributed by atoms with Crippen LogP contribution in [0.1, 0.15) is 73.9 Å². The molecule has 12 aromatic carbocycles. The lowest BCUT2D eigenvalue weighted by Crippen LogP contribution is -2.29. The Balaban J connectivity index is 0.935. The largest absolute Gasteiger partial charge is 0.135 e. The van der Waals surface area contributed by atoms with Gasteiger partial charge < -0.3 is 0 Å². The summed E-state index contributed by atoms with van der Waals surface area (Å²) in [7, 11) is 0. The van der Waals surface area contributed by atoms with Crippen LogP contribution >= 0.6 is 11.3 Å². The molecule has 1 unspecified atom stereocenters. The van der Waals surface area contributed by atoms with Crippen molar-refractivity contribution < 1.29 is 0 Å². The molecule has 0 amide bonds. The van der Waals surface area contributed by atoms with Crippen LogP contribution in [-0.4, -0.2) is 0 Å². The number of hydrogen-bond donors (Lipinski definition) is 0. The maximum Gasteiger partial charge on any atom is 0.0719 e. The van der Waals surface area contributed by atoms with Crippen LogP contribution in [0.5, 0.6) is 0 Å². The van der Waals surface area contributed by atoms with Crippen molar-refractivity contribution >= 4 is 31.5 Å². The Morgan fingerprint density at radius 2 is 0.923 bits per heavy atom. The van der Waals surface area contributed by atoms with Gasteiger partial charge in [0.25, 0.3) is 0 Å². The molecule has 0 aliphatic heterocycles. The highest BCUT2D eigenvalue weighted by Gasteiger charge is 2.47. The molecule has 13 aromatic rings. The lowest BCUT2D eigenvalue weighted by Gasteiger charge is -2.35. The zero-order chi connectivity index (χ0) is 51.6. The van der Waals surface area contributed by atoms with Gasteiger partial charge >= 0.3 is 0 Å². The molecule has 2 atom stereocenters. The number of rotatable bonds is 9. The van der Waals surface area contributed by atoms with Gasteiger partial charge in [-0.05, 0) is 130 Å². The second-order valence-electron chi connectivity index (χ2n) is 21.2. The molecule has 2 aliphatic carbocycles. The van der Waals surface area contributed by atoms with Crippen molar-refractivity contribution in [2.75, 3.05) is 0 Å². The van der Waals surface area contributed by atoms with E-state index < -0.39 is 5.41 Å². The van der Waals surface area contributed by atoms with Crippen molar-refractivity contribution in [2.24, 2.45) is 0 Å². The van der Waals surface area contributed by atoms with E-state index in [1.165, 1.54) is 131 Å². The fourth-order valence-corrected chi connectivity index (χ4v) is 15.1. The highest BCUT2D eigenvalue weighted by molar-refractivity contribution is 7.26. The maximum atomic E-state index is 2.61. The average Bonchev–Trinajstić information content (AvgIpc) is 3.90. The molecule has 0 saturated heterocycles. The molecule has 0 N–H and O–H groups in total. The summed E-state index contributed by atoms with van der Waals surface area (Å²) in [4.78, 5) is 0. The van der Waals surface area contributed by atoms with Gasteiger partial charge in [-0.2, -0.15) is 0 Å². The first-order valence-electron chi connectivity index (χ1n) is 27.5. The Labute approximate surface area is 461 Å². The topological polar surface area (TPSA) is 0 Å². The Morgan fingerprint density at radius 1 is 0.372 bits per heavy atom. The third-order valence-corrected chi connectivity index (χ3v) is 18.4. The van der Waals surface area contributed by atoms with Gasteiger partial charge in [0, 0.05) is 32.0 Å². The quantitative estimate of drug-likeness (QED) is 0.126. The van der Waals surface area contributed by atoms with E-state index in [-0.39, 0.29) is 11.8 Å². The summed E-state index contributed by atoms with van der Waals surface area (Å²) in [5, 5.41) is 2.70. The molecule has 368 valence electrons. The molecule has 15 rings (SSSR count). The third kappa shape index (κ3) is 7.41. The van der Waals surface area contributed by atoms with Crippen molar-refractivity contribution in [3.63, 3.8) is 0 Å². The summed E-state index contributed by atoms with van der Waals surface area (Å²) in [5.41, 5.74) is 25.6. The first kappa shape index (κ1) is 46.2. The van der Waals surface area contributed by atoms with E-state index in [4.69, 9.17) is 0 Å². The standard InChI is InChI=1S/C77H54S/c1-5-22-51(23-6-1)52-42-44-55(45-43-52)73(64-34-16-15-32-60(64)53-24-7-2-8-25-53)56-47-49-61-59-31-14-13-26-54(59)46-48-62(70(61)50-56)65-35-21-41-72-74(65)69-39-20-38-68(76(69)78-72)67-37-19-36-66-63-33-17-18-40-71(63)77(75(66)67,57-27-9-3-10-28-57)58-29-11-4-12-30-58/h1-45,47,49-50,62,73H,46,48H2/t62?,73-/m1/s1. The minimum absolute atomic E-state index is 0.0198. The first-order valence-corrected chi connectivity index (χ1v) is 28.3. The van der Waals surface area contributed by atoms with Gasteiger partial charge in [-0.3, -0.25) is 0 Å². The summed E-state index contributed by atoms with van der Waals surface area (Å²) in [6.45, 7) is 0. The third-order valence-electron chi connectivity index (χ3n) is 17.2. The van der Waals surface area contributed by atoms with Gasteiger partial charge in [0.2, 0.25) is 0 Å². The highest BCUT2D eigenvalue weighted by Crippen LogP contribution is 2.60. The molecule has 0 saturated carbocycles. The van der Waals surface area contributed by atoms with Crippen molar-refractivity contribution in [3.8, 4) is 55.6 Å². The summed E-state index contributed by atoms with van der Waals surface area (Å²) in [6, 6.07) is 110. The van der Waals surface area contributed by atoms with Crippen LogP contribution in [0, 0.1) is 0 Å². The minimum Gasteiger partial charge on any atom is -0.135 e. The second kappa shape index (κ2) is 19.2. The molecule has 0 spiro atoms. The maximum absolute atomic E-state index is 2.61. The van der Waals surface area contributed by atoms with Crippen LogP contribution in [0.2, 0.25) is 0 Å². The molecule has 1 heterocycles. The van der Waals surface area contributed by atoms with Gasteiger partial charge in [-0.15, -0.1) is 11.3 Å². The number of aryl methyl sites for hydroxylation is 1. The normalized spacial score (nSPS) is 14.5. The van der Waals surface area contributed by atoms with Crippen LogP contribution in [0.15, 0.2) is 291 Å². The second-order valence-corrected chi connectivity index (χ2v) is 22.3. The van der Waals surface area contributed by atoms with E-state index in [1.807, 2.05) is 11.3 Å². The fraction of sp³-hybridized carbons (Fsp3) is 0.0649.